The first-order valence-electron chi connectivity index (χ1n) is 10.5. The zero-order valence-electron chi connectivity index (χ0n) is 19.1. The van der Waals surface area contributed by atoms with Crippen LogP contribution in [0.15, 0.2) is 9.98 Å². The van der Waals surface area contributed by atoms with Gasteiger partial charge in [0.05, 0.1) is 12.6 Å². The Morgan fingerprint density at radius 1 is 0.794 bits per heavy atom. The lowest BCUT2D eigenvalue weighted by Crippen LogP contribution is -2.56. The molecule has 0 aromatic heterocycles. The molecule has 0 unspecified atom stereocenters. The number of nitrogens with two attached hydrogens (primary N) is 5. The zero-order chi connectivity index (χ0) is 26.3. The van der Waals surface area contributed by atoms with Gasteiger partial charge in [-0.2, -0.15) is 0 Å². The van der Waals surface area contributed by atoms with E-state index in [1.807, 2.05) is 0 Å². The first kappa shape index (κ1) is 30.3. The van der Waals surface area contributed by atoms with E-state index >= 15 is 0 Å². The molecule has 0 heterocycles. The molecular formula is C18H36N10O6. The maximum absolute atomic E-state index is 12.7. The maximum Gasteiger partial charge on any atom is 0.328 e. The first-order valence-corrected chi connectivity index (χ1v) is 10.5. The molecule has 0 aliphatic carbocycles. The molecule has 0 rings (SSSR count). The molecule has 16 nitrogen and oxygen atoms in total. The monoisotopic (exact) mass is 488 g/mol. The van der Waals surface area contributed by atoms with Crippen LogP contribution in [0.2, 0.25) is 0 Å². The van der Waals surface area contributed by atoms with Gasteiger partial charge >= 0.3 is 5.97 Å². The van der Waals surface area contributed by atoms with E-state index in [1.165, 1.54) is 6.92 Å². The minimum absolute atomic E-state index is 0.0812. The van der Waals surface area contributed by atoms with Crippen LogP contribution in [0.5, 0.6) is 0 Å². The Kier molecular flexibility index (Phi) is 14.3. The summed E-state index contributed by atoms with van der Waals surface area (Å²) >= 11 is 0. The van der Waals surface area contributed by atoms with Crippen molar-refractivity contribution < 1.29 is 29.4 Å². The summed E-state index contributed by atoms with van der Waals surface area (Å²) < 4.78 is 0. The number of carboxylic acids is 1. The summed E-state index contributed by atoms with van der Waals surface area (Å²) in [5, 5.41) is 25.0. The molecule has 0 aliphatic rings. The topological polar surface area (TPSA) is 300 Å². The second-order valence-electron chi connectivity index (χ2n) is 7.38. The maximum atomic E-state index is 12.7. The van der Waals surface area contributed by atoms with Gasteiger partial charge in [0.1, 0.15) is 18.1 Å². The van der Waals surface area contributed by atoms with E-state index in [4.69, 9.17) is 38.9 Å². The molecule has 0 saturated heterocycles. The number of aliphatic carboxylic acids is 1. The van der Waals surface area contributed by atoms with E-state index in [0.717, 1.165) is 0 Å². The van der Waals surface area contributed by atoms with E-state index in [1.54, 1.807) is 0 Å². The smallest absolute Gasteiger partial charge is 0.328 e. The number of hydrogen-bond acceptors (Lipinski definition) is 8. The fraction of sp³-hybridized carbons (Fsp3) is 0.667. The number of carbonyl (C=O) groups is 4. The summed E-state index contributed by atoms with van der Waals surface area (Å²) in [4.78, 5) is 55.9. The Hall–Kier alpha value is -3.66. The third kappa shape index (κ3) is 13.0. The molecule has 0 radical (unpaired) electrons. The lowest BCUT2D eigenvalue weighted by Gasteiger charge is -2.23. The van der Waals surface area contributed by atoms with Crippen molar-refractivity contribution in [3.63, 3.8) is 0 Å². The molecule has 0 fully saturated rings. The molecule has 0 aromatic carbocycles. The predicted octanol–water partition coefficient (Wildman–Crippen LogP) is -5.03. The van der Waals surface area contributed by atoms with E-state index in [-0.39, 0.29) is 37.9 Å². The second-order valence-corrected chi connectivity index (χ2v) is 7.38. The number of hydrogen-bond donors (Lipinski definition) is 10. The molecule has 4 atom stereocenters. The normalized spacial score (nSPS) is 14.0. The fourth-order valence-corrected chi connectivity index (χ4v) is 2.56. The number of nitrogens with one attached hydrogen (secondary N) is 3. The van der Waals surface area contributed by atoms with E-state index in [9.17, 15) is 19.2 Å². The van der Waals surface area contributed by atoms with Crippen LogP contribution in [0.4, 0.5) is 0 Å². The number of guanidine groups is 2. The summed E-state index contributed by atoms with van der Waals surface area (Å²) in [5.41, 5.74) is 26.9. The van der Waals surface area contributed by atoms with Crippen molar-refractivity contribution in [2.45, 2.75) is 56.8 Å². The molecule has 194 valence electrons. The molecule has 34 heavy (non-hydrogen) atoms. The number of carbonyl (C=O) groups excluding carboxylic acids is 3. The summed E-state index contributed by atoms with van der Waals surface area (Å²) in [6.07, 6.45) is 1.13. The van der Waals surface area contributed by atoms with E-state index in [0.29, 0.717) is 12.8 Å². The quantitative estimate of drug-likeness (QED) is 0.0556. The Labute approximate surface area is 196 Å². The Balaban J connectivity index is 5.10. The fourth-order valence-electron chi connectivity index (χ4n) is 2.56. The van der Waals surface area contributed by atoms with Crippen LogP contribution in [0.3, 0.4) is 0 Å². The van der Waals surface area contributed by atoms with Gasteiger partial charge in [0, 0.05) is 13.1 Å². The number of amides is 3. The van der Waals surface area contributed by atoms with E-state index < -0.39 is 54.5 Å². The molecule has 0 spiro atoms. The van der Waals surface area contributed by atoms with Crippen molar-refractivity contribution in [1.29, 1.82) is 0 Å². The summed E-state index contributed by atoms with van der Waals surface area (Å²) in [6, 6.07) is -4.71. The average molecular weight is 489 g/mol. The number of carboxylic acid groups (broad SMARTS) is 1. The highest BCUT2D eigenvalue weighted by Crippen LogP contribution is 2.03. The minimum atomic E-state index is -1.53. The number of rotatable bonds is 16. The number of aliphatic imine (C=N–C) groups is 2. The van der Waals surface area contributed by atoms with Gasteiger partial charge in [-0.25, -0.2) is 4.79 Å². The number of aliphatic hydroxyl groups excluding tert-OH is 1. The van der Waals surface area contributed by atoms with Crippen molar-refractivity contribution in [1.82, 2.24) is 16.0 Å². The lowest BCUT2D eigenvalue weighted by molar-refractivity contribution is -0.143. The van der Waals surface area contributed by atoms with Gasteiger partial charge in [0.15, 0.2) is 11.9 Å². The zero-order valence-corrected chi connectivity index (χ0v) is 19.1. The van der Waals surface area contributed by atoms with Gasteiger partial charge in [-0.15, -0.1) is 0 Å². The minimum Gasteiger partial charge on any atom is -0.480 e. The van der Waals surface area contributed by atoms with Gasteiger partial charge in [0.2, 0.25) is 17.7 Å². The van der Waals surface area contributed by atoms with Crippen LogP contribution in [0.25, 0.3) is 0 Å². The average Bonchev–Trinajstić information content (AvgIpc) is 2.75. The molecule has 0 bridgehead atoms. The summed E-state index contributed by atoms with van der Waals surface area (Å²) in [7, 11) is 0. The highest BCUT2D eigenvalue weighted by molar-refractivity contribution is 5.93. The van der Waals surface area contributed by atoms with Crippen LogP contribution in [0, 0.1) is 0 Å². The summed E-state index contributed by atoms with van der Waals surface area (Å²) in [5.74, 6) is -3.79. The van der Waals surface area contributed by atoms with E-state index in [2.05, 4.69) is 25.9 Å². The molecular weight excluding hydrogens is 452 g/mol. The SMILES string of the molecule is C[C@H](NC(=O)[C@H](CCCN=C(N)N)NC(=O)[C@@H](N)CCCN=C(N)N)C(=O)N[C@@H](CO)C(=O)O. The third-order valence-corrected chi connectivity index (χ3v) is 4.43. The van der Waals surface area contributed by atoms with Crippen LogP contribution in [0.1, 0.15) is 32.6 Å². The Morgan fingerprint density at radius 2 is 1.29 bits per heavy atom. The van der Waals surface area contributed by atoms with Crippen molar-refractivity contribution >= 4 is 35.6 Å². The Morgan fingerprint density at radius 3 is 1.76 bits per heavy atom. The van der Waals surface area contributed by atoms with Gasteiger partial charge < -0.3 is 54.8 Å². The van der Waals surface area contributed by atoms with Crippen molar-refractivity contribution in [3.05, 3.63) is 0 Å². The molecule has 16 heteroatoms. The molecule has 0 aromatic rings. The predicted molar refractivity (Wildman–Crippen MR) is 124 cm³/mol. The first-order chi connectivity index (χ1) is 15.9. The van der Waals surface area contributed by atoms with Crippen molar-refractivity contribution in [3.8, 4) is 0 Å². The molecule has 15 N–H and O–H groups in total. The largest absolute Gasteiger partial charge is 0.480 e. The van der Waals surface area contributed by atoms with Gasteiger partial charge in [-0.1, -0.05) is 0 Å². The number of nitrogens with zero attached hydrogens (tertiary/aromatic N) is 2. The van der Waals surface area contributed by atoms with Crippen LogP contribution >= 0.6 is 0 Å². The third-order valence-electron chi connectivity index (χ3n) is 4.43. The summed E-state index contributed by atoms with van der Waals surface area (Å²) in [6.45, 7) is 0.965. The van der Waals surface area contributed by atoms with Crippen molar-refractivity contribution in [2.24, 2.45) is 38.7 Å². The highest BCUT2D eigenvalue weighted by Gasteiger charge is 2.27. The second kappa shape index (κ2) is 16.0. The molecule has 3 amide bonds. The molecule has 0 aliphatic heterocycles. The van der Waals surface area contributed by atoms with Crippen LogP contribution in [-0.4, -0.2) is 89.7 Å². The Bertz CT molecular complexity index is 752. The standard InChI is InChI=1S/C18H36N10O6/c1-9(13(30)28-12(8-29)16(33)34)26-15(32)11(5-3-7-25-18(22)23)27-14(31)10(19)4-2-6-24-17(20)21/h9-12,29H,2-8,19H2,1H3,(H,26,32)(H,27,31)(H,28,30)(H,33,34)(H4,20,21,24)(H4,22,23,25)/t9-,10-,11-,12-/m0/s1. The number of aliphatic hydroxyl groups is 1. The lowest BCUT2D eigenvalue weighted by atomic mass is 10.1. The van der Waals surface area contributed by atoms with Crippen LogP contribution in [-0.2, 0) is 19.2 Å². The van der Waals surface area contributed by atoms with Gasteiger partial charge in [-0.05, 0) is 32.6 Å². The van der Waals surface area contributed by atoms with Gasteiger partial charge in [-0.3, -0.25) is 24.4 Å². The highest BCUT2D eigenvalue weighted by atomic mass is 16.4. The van der Waals surface area contributed by atoms with Gasteiger partial charge in [0.25, 0.3) is 0 Å². The molecule has 0 saturated carbocycles. The van der Waals surface area contributed by atoms with Crippen LogP contribution < -0.4 is 44.6 Å². The van der Waals surface area contributed by atoms with Crippen molar-refractivity contribution in [2.75, 3.05) is 19.7 Å².